The van der Waals surface area contributed by atoms with Gasteiger partial charge in [0.2, 0.25) is 0 Å². The molecular weight excluding hydrogens is 414 g/mol. The number of hydrogen-bond acceptors (Lipinski definition) is 5. The minimum Gasteiger partial charge on any atom is -0.491 e. The lowest BCUT2D eigenvalue weighted by Crippen LogP contribution is -2.34. The predicted molar refractivity (Wildman–Crippen MR) is 124 cm³/mol. The Morgan fingerprint density at radius 2 is 1.77 bits per heavy atom. The number of carbonyl (C=O) groups excluding carboxylic acids is 2. The molecule has 0 atom stereocenters. The average molecular weight is 442 g/mol. The maximum absolute atomic E-state index is 12.6. The van der Waals surface area contributed by atoms with E-state index in [1.165, 1.54) is 0 Å². The summed E-state index contributed by atoms with van der Waals surface area (Å²) in [7, 11) is 0. The van der Waals surface area contributed by atoms with Crippen LogP contribution in [0.3, 0.4) is 0 Å². The van der Waals surface area contributed by atoms with E-state index in [1.54, 1.807) is 48.5 Å². The molecule has 0 unspecified atom stereocenters. The Balaban J connectivity index is 1.51. The molecule has 0 bridgehead atoms. The van der Waals surface area contributed by atoms with E-state index in [0.717, 1.165) is 25.9 Å². The third kappa shape index (κ3) is 6.77. The lowest BCUT2D eigenvalue weighted by atomic mass is 10.2. The van der Waals surface area contributed by atoms with Crippen LogP contribution >= 0.6 is 12.2 Å². The van der Waals surface area contributed by atoms with E-state index in [-0.39, 0.29) is 16.9 Å². The third-order valence-corrected chi connectivity index (χ3v) is 5.01. The molecule has 1 fully saturated rings. The predicted octanol–water partition coefficient (Wildman–Crippen LogP) is 3.46. The van der Waals surface area contributed by atoms with Crippen molar-refractivity contribution in [2.45, 2.75) is 19.8 Å². The van der Waals surface area contributed by atoms with Crippen molar-refractivity contribution in [3.63, 3.8) is 0 Å². The summed E-state index contributed by atoms with van der Waals surface area (Å²) in [6.07, 6.45) is 2.08. The van der Waals surface area contributed by atoms with Crippen molar-refractivity contribution in [1.82, 2.24) is 10.2 Å². The number of carbonyl (C=O) groups is 2. The van der Waals surface area contributed by atoms with Gasteiger partial charge in [-0.25, -0.2) is 0 Å². The van der Waals surface area contributed by atoms with Crippen molar-refractivity contribution in [3.05, 3.63) is 59.7 Å². The van der Waals surface area contributed by atoms with Gasteiger partial charge in [0.1, 0.15) is 12.4 Å². The van der Waals surface area contributed by atoms with E-state index in [4.69, 9.17) is 21.7 Å². The van der Waals surface area contributed by atoms with Crippen LogP contribution in [0.2, 0.25) is 0 Å². The molecule has 2 aromatic carbocycles. The molecule has 31 heavy (non-hydrogen) atoms. The molecule has 1 aliphatic rings. The Morgan fingerprint density at radius 1 is 1.03 bits per heavy atom. The van der Waals surface area contributed by atoms with Crippen LogP contribution in [-0.2, 0) is 4.74 Å². The van der Waals surface area contributed by atoms with E-state index in [2.05, 4.69) is 10.6 Å². The molecule has 3 rings (SSSR count). The number of nitrogens with one attached hydrogen (secondary N) is 2. The number of amides is 2. The summed E-state index contributed by atoms with van der Waals surface area (Å²) in [5.74, 6) is 0.346. The number of rotatable bonds is 8. The number of likely N-dealkylation sites (tertiary alicyclic amines) is 1. The van der Waals surface area contributed by atoms with Crippen LogP contribution in [0.1, 0.15) is 40.5 Å². The molecule has 1 aliphatic heterocycles. The van der Waals surface area contributed by atoms with Crippen molar-refractivity contribution in [1.29, 1.82) is 0 Å². The van der Waals surface area contributed by atoms with Gasteiger partial charge in [-0.1, -0.05) is 6.07 Å². The lowest BCUT2D eigenvalue weighted by molar-refractivity contribution is 0.0792. The van der Waals surface area contributed by atoms with Gasteiger partial charge in [-0.05, 0) is 74.4 Å². The first kappa shape index (κ1) is 22.7. The van der Waals surface area contributed by atoms with Crippen LogP contribution < -0.4 is 15.4 Å². The fourth-order valence-electron chi connectivity index (χ4n) is 3.24. The van der Waals surface area contributed by atoms with Crippen molar-refractivity contribution in [3.8, 4) is 5.75 Å². The van der Waals surface area contributed by atoms with Crippen molar-refractivity contribution >= 4 is 34.8 Å². The number of nitrogens with zero attached hydrogens (tertiary/aromatic N) is 1. The van der Waals surface area contributed by atoms with Crippen LogP contribution in [0, 0.1) is 0 Å². The Bertz CT molecular complexity index is 911. The summed E-state index contributed by atoms with van der Waals surface area (Å²) in [5.41, 5.74) is 1.70. The topological polar surface area (TPSA) is 79.9 Å². The molecule has 0 saturated carbocycles. The van der Waals surface area contributed by atoms with Crippen molar-refractivity contribution < 1.29 is 19.1 Å². The monoisotopic (exact) mass is 441 g/mol. The molecule has 0 spiro atoms. The Hall–Kier alpha value is -2.97. The summed E-state index contributed by atoms with van der Waals surface area (Å²) in [6, 6.07) is 13.9. The first-order chi connectivity index (χ1) is 15.1. The van der Waals surface area contributed by atoms with Gasteiger partial charge in [-0.2, -0.15) is 0 Å². The lowest BCUT2D eigenvalue weighted by Gasteiger charge is -2.16. The first-order valence-corrected chi connectivity index (χ1v) is 10.8. The molecular formula is C23H27N3O4S. The van der Waals surface area contributed by atoms with Gasteiger partial charge in [0.25, 0.3) is 11.8 Å². The number of hydrogen-bond donors (Lipinski definition) is 2. The molecule has 0 aliphatic carbocycles. The van der Waals surface area contributed by atoms with E-state index in [9.17, 15) is 9.59 Å². The number of anilines is 1. The highest BCUT2D eigenvalue weighted by Crippen LogP contribution is 2.17. The Labute approximate surface area is 187 Å². The van der Waals surface area contributed by atoms with Crippen molar-refractivity contribution in [2.24, 2.45) is 0 Å². The maximum Gasteiger partial charge on any atom is 0.257 e. The SMILES string of the molecule is CCOCCOc1ccc(C(=O)NC(=S)Nc2cccc(C(=O)N3CCCC3)c2)cc1. The van der Waals surface area contributed by atoms with E-state index < -0.39 is 0 Å². The zero-order valence-electron chi connectivity index (χ0n) is 17.6. The van der Waals surface area contributed by atoms with Crippen LogP contribution in [0.15, 0.2) is 48.5 Å². The summed E-state index contributed by atoms with van der Waals surface area (Å²) in [4.78, 5) is 26.8. The van der Waals surface area contributed by atoms with E-state index in [0.29, 0.717) is 42.4 Å². The van der Waals surface area contributed by atoms with Gasteiger partial charge >= 0.3 is 0 Å². The van der Waals surface area contributed by atoms with Gasteiger partial charge in [-0.15, -0.1) is 0 Å². The molecule has 2 N–H and O–H groups in total. The van der Waals surface area contributed by atoms with Crippen LogP contribution in [0.4, 0.5) is 5.69 Å². The normalized spacial score (nSPS) is 13.0. The van der Waals surface area contributed by atoms with Gasteiger partial charge in [-0.3, -0.25) is 14.9 Å². The zero-order chi connectivity index (χ0) is 22.1. The van der Waals surface area contributed by atoms with E-state index in [1.807, 2.05) is 11.8 Å². The quantitative estimate of drug-likeness (QED) is 0.482. The highest BCUT2D eigenvalue weighted by atomic mass is 32.1. The van der Waals surface area contributed by atoms with Gasteiger partial charge < -0.3 is 19.7 Å². The third-order valence-electron chi connectivity index (χ3n) is 4.80. The Morgan fingerprint density at radius 3 is 2.48 bits per heavy atom. The maximum atomic E-state index is 12.6. The van der Waals surface area contributed by atoms with E-state index >= 15 is 0 Å². The molecule has 0 aromatic heterocycles. The number of benzene rings is 2. The molecule has 164 valence electrons. The summed E-state index contributed by atoms with van der Waals surface area (Å²) >= 11 is 5.26. The standard InChI is InChI=1S/C23H27N3O4S/c1-2-29-14-15-30-20-10-8-17(9-11-20)21(27)25-23(31)24-19-7-5-6-18(16-19)22(28)26-12-3-4-13-26/h5-11,16H,2-4,12-15H2,1H3,(H2,24,25,27,31). The molecule has 8 heteroatoms. The van der Waals surface area contributed by atoms with Gasteiger partial charge in [0.15, 0.2) is 5.11 Å². The van der Waals surface area contributed by atoms with Crippen LogP contribution in [0.25, 0.3) is 0 Å². The van der Waals surface area contributed by atoms with Gasteiger partial charge in [0, 0.05) is 36.5 Å². The van der Waals surface area contributed by atoms with Crippen molar-refractivity contribution in [2.75, 3.05) is 38.2 Å². The second-order valence-electron chi connectivity index (χ2n) is 7.06. The number of ether oxygens (including phenoxy) is 2. The Kier molecular flexibility index (Phi) is 8.37. The molecule has 2 aromatic rings. The van der Waals surface area contributed by atoms with Crippen LogP contribution in [0.5, 0.6) is 5.75 Å². The molecule has 1 saturated heterocycles. The van der Waals surface area contributed by atoms with Crippen LogP contribution in [-0.4, -0.2) is 54.7 Å². The minimum atomic E-state index is -0.331. The summed E-state index contributed by atoms with van der Waals surface area (Å²) in [5, 5.41) is 5.78. The first-order valence-electron chi connectivity index (χ1n) is 10.4. The zero-order valence-corrected chi connectivity index (χ0v) is 18.4. The molecule has 0 radical (unpaired) electrons. The smallest absolute Gasteiger partial charge is 0.257 e. The molecule has 2 amide bonds. The summed E-state index contributed by atoms with van der Waals surface area (Å²) < 4.78 is 10.8. The highest BCUT2D eigenvalue weighted by molar-refractivity contribution is 7.80. The second-order valence-corrected chi connectivity index (χ2v) is 7.47. The minimum absolute atomic E-state index is 0.0136. The highest BCUT2D eigenvalue weighted by Gasteiger charge is 2.19. The average Bonchev–Trinajstić information content (AvgIpc) is 3.31. The fraction of sp³-hybridized carbons (Fsp3) is 0.348. The number of thiocarbonyl (C=S) groups is 1. The largest absolute Gasteiger partial charge is 0.491 e. The molecule has 1 heterocycles. The van der Waals surface area contributed by atoms with Gasteiger partial charge in [0.05, 0.1) is 6.61 Å². The second kappa shape index (κ2) is 11.4. The fourth-order valence-corrected chi connectivity index (χ4v) is 3.45. The summed E-state index contributed by atoms with van der Waals surface area (Å²) in [6.45, 7) is 5.13. The molecule has 7 nitrogen and oxygen atoms in total.